The fourth-order valence-electron chi connectivity index (χ4n) is 4.64. The fourth-order valence-corrected chi connectivity index (χ4v) is 6.09. The third-order valence-electron chi connectivity index (χ3n) is 6.87. The van der Waals surface area contributed by atoms with E-state index < -0.39 is 61.1 Å². The summed E-state index contributed by atoms with van der Waals surface area (Å²) in [6.45, 7) is -0.0915. The number of amides is 5. The molecule has 0 unspecified atom stereocenters. The van der Waals surface area contributed by atoms with Crippen molar-refractivity contribution in [2.24, 2.45) is 0 Å². The molecule has 2 aromatic carbocycles. The van der Waals surface area contributed by atoms with E-state index in [1.165, 1.54) is 18.7 Å². The van der Waals surface area contributed by atoms with Crippen LogP contribution in [0.15, 0.2) is 48.5 Å². The number of carboxylic acid groups (broad SMARTS) is 1. The fraction of sp³-hybridized carbons (Fsp3) is 0.400. The molecule has 0 saturated heterocycles. The normalized spacial score (nSPS) is 13.6. The number of benzene rings is 2. The van der Waals surface area contributed by atoms with Crippen LogP contribution in [0.4, 0.5) is 4.79 Å². The molecule has 46 heavy (non-hydrogen) atoms. The summed E-state index contributed by atoms with van der Waals surface area (Å²) >= 11 is 2.32. The number of aliphatic carboxylic acids is 1. The Morgan fingerprint density at radius 2 is 1.46 bits per heavy atom. The van der Waals surface area contributed by atoms with Crippen molar-refractivity contribution >= 4 is 59.2 Å². The first kappa shape index (κ1) is 36.2. The molecule has 0 bridgehead atoms. The second-order valence-electron chi connectivity index (χ2n) is 10.1. The number of carboxylic acids is 1. The molecule has 248 valence electrons. The minimum Gasteiger partial charge on any atom is -0.480 e. The lowest BCUT2D eigenvalue weighted by molar-refractivity contribution is -0.141. The maximum Gasteiger partial charge on any atom is 0.407 e. The van der Waals surface area contributed by atoms with Crippen LogP contribution in [-0.4, -0.2) is 107 Å². The van der Waals surface area contributed by atoms with Crippen molar-refractivity contribution in [1.29, 1.82) is 0 Å². The second kappa shape index (κ2) is 18.0. The summed E-state index contributed by atoms with van der Waals surface area (Å²) in [7, 11) is 0. The van der Waals surface area contributed by atoms with Gasteiger partial charge in [-0.1, -0.05) is 48.5 Å². The Balaban J connectivity index is 1.52. The molecule has 0 fully saturated rings. The number of rotatable bonds is 17. The van der Waals surface area contributed by atoms with E-state index in [1.807, 2.05) is 48.5 Å². The summed E-state index contributed by atoms with van der Waals surface area (Å²) in [5.41, 5.74) is 4.10. The zero-order valence-corrected chi connectivity index (χ0v) is 26.9. The van der Waals surface area contributed by atoms with Gasteiger partial charge in [0.25, 0.3) is 0 Å². The third kappa shape index (κ3) is 10.4. The predicted octanol–water partition coefficient (Wildman–Crippen LogP) is 0.246. The molecule has 5 amide bonds. The van der Waals surface area contributed by atoms with Crippen LogP contribution in [0.5, 0.6) is 0 Å². The van der Waals surface area contributed by atoms with Crippen molar-refractivity contribution in [2.75, 3.05) is 43.4 Å². The first-order valence-corrected chi connectivity index (χ1v) is 16.7. The van der Waals surface area contributed by atoms with Crippen LogP contribution in [0, 0.1) is 0 Å². The average Bonchev–Trinajstić information content (AvgIpc) is 3.35. The maximum absolute atomic E-state index is 12.8. The Morgan fingerprint density at radius 1 is 0.826 bits per heavy atom. The van der Waals surface area contributed by atoms with Gasteiger partial charge in [-0.25, -0.2) is 9.59 Å². The van der Waals surface area contributed by atoms with Crippen LogP contribution >= 0.6 is 23.5 Å². The molecule has 16 heteroatoms. The van der Waals surface area contributed by atoms with Gasteiger partial charge in [0, 0.05) is 24.3 Å². The van der Waals surface area contributed by atoms with E-state index in [9.17, 15) is 39.0 Å². The minimum absolute atomic E-state index is 0.00882. The Bertz CT molecular complexity index is 1380. The lowest BCUT2D eigenvalue weighted by Crippen LogP contribution is -2.56. The van der Waals surface area contributed by atoms with E-state index >= 15 is 0 Å². The Hall–Kier alpha value is -4.28. The Morgan fingerprint density at radius 3 is 2.02 bits per heavy atom. The van der Waals surface area contributed by atoms with Gasteiger partial charge < -0.3 is 41.5 Å². The number of aliphatic hydroxyl groups is 1. The van der Waals surface area contributed by atoms with Gasteiger partial charge >= 0.3 is 12.1 Å². The van der Waals surface area contributed by atoms with E-state index in [2.05, 4.69) is 26.6 Å². The zero-order chi connectivity index (χ0) is 33.6. The molecule has 1 aliphatic rings. The van der Waals surface area contributed by atoms with Crippen LogP contribution < -0.4 is 26.6 Å². The molecule has 0 aliphatic heterocycles. The number of fused-ring (bicyclic) bond motifs is 3. The highest BCUT2D eigenvalue weighted by Gasteiger charge is 2.30. The molecule has 0 heterocycles. The van der Waals surface area contributed by atoms with Crippen molar-refractivity contribution in [2.45, 2.75) is 31.0 Å². The van der Waals surface area contributed by atoms with Gasteiger partial charge in [-0.3, -0.25) is 19.2 Å². The topological polar surface area (TPSA) is 212 Å². The number of thioether (sulfide) groups is 2. The molecular weight excluding hydrogens is 638 g/mol. The third-order valence-corrected chi connectivity index (χ3v) is 8.45. The van der Waals surface area contributed by atoms with Crippen LogP contribution in [-0.2, 0) is 28.7 Å². The van der Waals surface area contributed by atoms with Crippen molar-refractivity contribution in [3.8, 4) is 11.1 Å². The molecule has 0 spiro atoms. The number of carbonyl (C=O) groups is 6. The molecule has 0 saturated carbocycles. The summed E-state index contributed by atoms with van der Waals surface area (Å²) in [5.74, 6) is -3.96. The van der Waals surface area contributed by atoms with Crippen molar-refractivity contribution in [3.63, 3.8) is 0 Å². The number of nitrogens with one attached hydrogen (secondary N) is 5. The van der Waals surface area contributed by atoms with Crippen molar-refractivity contribution in [1.82, 2.24) is 26.6 Å². The lowest BCUT2D eigenvalue weighted by Gasteiger charge is -2.21. The molecular formula is C30H37N5O9S2. The maximum atomic E-state index is 12.8. The highest BCUT2D eigenvalue weighted by atomic mass is 32.2. The van der Waals surface area contributed by atoms with Gasteiger partial charge in [0.15, 0.2) is 0 Å². The van der Waals surface area contributed by atoms with Gasteiger partial charge in [0.05, 0.1) is 19.0 Å². The van der Waals surface area contributed by atoms with E-state index in [-0.39, 0.29) is 35.8 Å². The first-order valence-electron chi connectivity index (χ1n) is 14.2. The average molecular weight is 676 g/mol. The summed E-state index contributed by atoms with van der Waals surface area (Å²) in [5, 5.41) is 31.0. The summed E-state index contributed by atoms with van der Waals surface area (Å²) < 4.78 is 5.42. The molecule has 1 aliphatic carbocycles. The Labute approximate surface area is 274 Å². The van der Waals surface area contributed by atoms with Gasteiger partial charge in [-0.05, 0) is 28.5 Å². The number of hydrogen-bond acceptors (Lipinski definition) is 10. The summed E-state index contributed by atoms with van der Waals surface area (Å²) in [6, 6.07) is 11.7. The highest BCUT2D eigenvalue weighted by molar-refractivity contribution is 7.99. The van der Waals surface area contributed by atoms with Crippen LogP contribution in [0.25, 0.3) is 11.1 Å². The standard InChI is InChI=1S/C30H37N5O9S2/c1-17(37)32-16-46-15-24(28(40)34-25(14-45-2)29(41)42)33-26(38)11-31-27(39)23(12-36)35-30(43)44-13-22-20-9-5-3-7-18(20)19-8-4-6-10-21(19)22/h3-10,22-25,36H,11-16H2,1-2H3,(H,31,39)(H,32,37)(H,33,38)(H,34,40)(H,35,43)(H,41,42)/t23-,24+,25+/m1/s1. The molecule has 0 radical (unpaired) electrons. The summed E-state index contributed by atoms with van der Waals surface area (Å²) in [4.78, 5) is 73.4. The molecule has 3 rings (SSSR count). The molecule has 3 atom stereocenters. The van der Waals surface area contributed by atoms with Gasteiger partial charge in [0.1, 0.15) is 24.7 Å². The molecule has 14 nitrogen and oxygen atoms in total. The zero-order valence-electron chi connectivity index (χ0n) is 25.2. The SMILES string of the molecule is CSC[C@H](NC(=O)[C@H](CSCNC(C)=O)NC(=O)CNC(=O)[C@@H](CO)NC(=O)OCC1c2ccccc2-c2ccccc21)C(=O)O. The number of alkyl carbamates (subject to hydrolysis) is 1. The van der Waals surface area contributed by atoms with Crippen LogP contribution in [0.1, 0.15) is 24.0 Å². The van der Waals surface area contributed by atoms with E-state index in [0.29, 0.717) is 0 Å². The van der Waals surface area contributed by atoms with Gasteiger partial charge in [0.2, 0.25) is 23.6 Å². The molecule has 0 aromatic heterocycles. The van der Waals surface area contributed by atoms with E-state index in [4.69, 9.17) is 4.74 Å². The number of aliphatic hydroxyl groups excluding tert-OH is 1. The second-order valence-corrected chi connectivity index (χ2v) is 12.1. The largest absolute Gasteiger partial charge is 0.480 e. The van der Waals surface area contributed by atoms with Crippen molar-refractivity contribution < 1.29 is 43.7 Å². The van der Waals surface area contributed by atoms with Crippen LogP contribution in [0.3, 0.4) is 0 Å². The minimum atomic E-state index is -1.43. The number of carbonyl (C=O) groups excluding carboxylic acids is 5. The molecule has 7 N–H and O–H groups in total. The highest BCUT2D eigenvalue weighted by Crippen LogP contribution is 2.44. The lowest BCUT2D eigenvalue weighted by atomic mass is 9.98. The van der Waals surface area contributed by atoms with E-state index in [1.54, 1.807) is 6.26 Å². The van der Waals surface area contributed by atoms with Gasteiger partial charge in [-0.15, -0.1) is 11.8 Å². The predicted molar refractivity (Wildman–Crippen MR) is 173 cm³/mol. The first-order chi connectivity index (χ1) is 22.0. The number of hydrogen-bond donors (Lipinski definition) is 7. The van der Waals surface area contributed by atoms with E-state index in [0.717, 1.165) is 34.0 Å². The van der Waals surface area contributed by atoms with Gasteiger partial charge in [-0.2, -0.15) is 11.8 Å². The molecule has 2 aromatic rings. The number of ether oxygens (including phenoxy) is 1. The smallest absolute Gasteiger partial charge is 0.407 e. The Kier molecular flexibility index (Phi) is 14.2. The monoisotopic (exact) mass is 675 g/mol. The van der Waals surface area contributed by atoms with Crippen LogP contribution in [0.2, 0.25) is 0 Å². The summed E-state index contributed by atoms with van der Waals surface area (Å²) in [6.07, 6.45) is 0.738. The quantitative estimate of drug-likeness (QED) is 0.0892. The van der Waals surface area contributed by atoms with Crippen molar-refractivity contribution in [3.05, 3.63) is 59.7 Å².